The van der Waals surface area contributed by atoms with Gasteiger partial charge in [0.25, 0.3) is 5.91 Å². The minimum atomic E-state index is -0.372. The van der Waals surface area contributed by atoms with Crippen LogP contribution >= 0.6 is 0 Å². The first-order valence-electron chi connectivity index (χ1n) is 4.83. The van der Waals surface area contributed by atoms with E-state index >= 15 is 0 Å². The molecule has 3 N–H and O–H groups in total. The van der Waals surface area contributed by atoms with Crippen LogP contribution in [0.5, 0.6) is 5.75 Å². The third-order valence-corrected chi connectivity index (χ3v) is 2.33. The summed E-state index contributed by atoms with van der Waals surface area (Å²) in [6.07, 6.45) is 0. The predicted octanol–water partition coefficient (Wildman–Crippen LogP) is 1.17. The Labute approximate surface area is 88.4 Å². The summed E-state index contributed by atoms with van der Waals surface area (Å²) in [4.78, 5) is 11.9. The van der Waals surface area contributed by atoms with E-state index in [0.29, 0.717) is 23.6 Å². The number of anilines is 1. The van der Waals surface area contributed by atoms with Gasteiger partial charge in [0, 0.05) is 5.69 Å². The molecule has 0 aliphatic carbocycles. The molecule has 0 saturated carbocycles. The third kappa shape index (κ3) is 1.75. The molecule has 15 heavy (non-hydrogen) atoms. The van der Waals surface area contributed by atoms with Gasteiger partial charge in [-0.1, -0.05) is 6.07 Å². The van der Waals surface area contributed by atoms with Gasteiger partial charge < -0.3 is 15.8 Å². The standard InChI is InChI=1S/C11H14N2O2/c1-11(2)6-15-8-5-3-4-7(12)9(8)10(14)13-11/h3-5H,6,12H2,1-2H3,(H,13,14). The number of carbonyl (C=O) groups is 1. The first kappa shape index (κ1) is 9.83. The number of fused-ring (bicyclic) bond motifs is 1. The van der Waals surface area contributed by atoms with Gasteiger partial charge in [-0.3, -0.25) is 4.79 Å². The molecule has 1 amide bonds. The Morgan fingerprint density at radius 1 is 1.47 bits per heavy atom. The van der Waals surface area contributed by atoms with Crippen LogP contribution in [0, 0.1) is 0 Å². The van der Waals surface area contributed by atoms with E-state index < -0.39 is 0 Å². The number of benzene rings is 1. The lowest BCUT2D eigenvalue weighted by atomic mass is 10.1. The maximum atomic E-state index is 11.9. The molecular formula is C11H14N2O2. The zero-order valence-corrected chi connectivity index (χ0v) is 8.83. The fourth-order valence-electron chi connectivity index (χ4n) is 1.58. The van der Waals surface area contributed by atoms with Crippen molar-refractivity contribution < 1.29 is 9.53 Å². The lowest BCUT2D eigenvalue weighted by molar-refractivity contribution is 0.0909. The van der Waals surface area contributed by atoms with Crippen LogP contribution in [0.3, 0.4) is 0 Å². The van der Waals surface area contributed by atoms with Crippen molar-refractivity contribution in [2.24, 2.45) is 0 Å². The van der Waals surface area contributed by atoms with E-state index in [1.165, 1.54) is 0 Å². The molecule has 0 bridgehead atoms. The highest BCUT2D eigenvalue weighted by molar-refractivity contribution is 6.02. The smallest absolute Gasteiger partial charge is 0.257 e. The zero-order valence-electron chi connectivity index (χ0n) is 8.83. The summed E-state index contributed by atoms with van der Waals surface area (Å²) in [6.45, 7) is 4.26. The summed E-state index contributed by atoms with van der Waals surface area (Å²) >= 11 is 0. The van der Waals surface area contributed by atoms with Crippen LogP contribution in [0.15, 0.2) is 18.2 Å². The highest BCUT2D eigenvalue weighted by Crippen LogP contribution is 2.27. The number of hydrogen-bond acceptors (Lipinski definition) is 3. The van der Waals surface area contributed by atoms with Gasteiger partial charge >= 0.3 is 0 Å². The quantitative estimate of drug-likeness (QED) is 0.626. The van der Waals surface area contributed by atoms with Gasteiger partial charge in [-0.2, -0.15) is 0 Å². The number of nitrogens with two attached hydrogens (primary N) is 1. The lowest BCUT2D eigenvalue weighted by Crippen LogP contribution is -2.45. The molecule has 0 radical (unpaired) electrons. The summed E-state index contributed by atoms with van der Waals surface area (Å²) in [5.41, 5.74) is 6.26. The molecule has 0 aromatic heterocycles. The van der Waals surface area contributed by atoms with Crippen LogP contribution in [-0.4, -0.2) is 18.1 Å². The average molecular weight is 206 g/mol. The summed E-state index contributed by atoms with van der Waals surface area (Å²) < 4.78 is 5.55. The van der Waals surface area contributed by atoms with Crippen LogP contribution in [-0.2, 0) is 0 Å². The zero-order chi connectivity index (χ0) is 11.1. The average Bonchev–Trinajstić information content (AvgIpc) is 2.24. The highest BCUT2D eigenvalue weighted by atomic mass is 16.5. The van der Waals surface area contributed by atoms with Gasteiger partial charge in [-0.05, 0) is 26.0 Å². The van der Waals surface area contributed by atoms with E-state index in [-0.39, 0.29) is 11.4 Å². The Hall–Kier alpha value is -1.71. The van der Waals surface area contributed by atoms with Crippen LogP contribution in [0.2, 0.25) is 0 Å². The van der Waals surface area contributed by atoms with Crippen molar-refractivity contribution in [3.8, 4) is 5.75 Å². The number of hydrogen-bond donors (Lipinski definition) is 2. The van der Waals surface area contributed by atoms with Gasteiger partial charge in [0.05, 0.1) is 5.54 Å². The Morgan fingerprint density at radius 3 is 2.93 bits per heavy atom. The predicted molar refractivity (Wildman–Crippen MR) is 57.9 cm³/mol. The Balaban J connectivity index is 2.49. The maximum absolute atomic E-state index is 11.9. The van der Waals surface area contributed by atoms with Gasteiger partial charge in [0.1, 0.15) is 17.9 Å². The van der Waals surface area contributed by atoms with Crippen molar-refractivity contribution in [3.05, 3.63) is 23.8 Å². The molecule has 1 aliphatic heterocycles. The molecule has 4 heteroatoms. The van der Waals surface area contributed by atoms with Crippen LogP contribution in [0.1, 0.15) is 24.2 Å². The molecule has 0 fully saturated rings. The van der Waals surface area contributed by atoms with E-state index in [1.807, 2.05) is 13.8 Å². The van der Waals surface area contributed by atoms with Gasteiger partial charge in [-0.25, -0.2) is 0 Å². The SMILES string of the molecule is CC1(C)COc2cccc(N)c2C(=O)N1. The number of rotatable bonds is 0. The van der Waals surface area contributed by atoms with Crippen LogP contribution in [0.4, 0.5) is 5.69 Å². The number of ether oxygens (including phenoxy) is 1. The van der Waals surface area contributed by atoms with Gasteiger partial charge in [0.15, 0.2) is 0 Å². The lowest BCUT2D eigenvalue weighted by Gasteiger charge is -2.22. The minimum absolute atomic E-state index is 0.175. The second kappa shape index (κ2) is 3.15. The van der Waals surface area contributed by atoms with Gasteiger partial charge in [0.2, 0.25) is 0 Å². The number of nitrogen functional groups attached to an aromatic ring is 1. The second-order valence-electron chi connectivity index (χ2n) is 4.35. The van der Waals surface area contributed by atoms with Crippen LogP contribution in [0.25, 0.3) is 0 Å². The fourth-order valence-corrected chi connectivity index (χ4v) is 1.58. The van der Waals surface area contributed by atoms with Crippen molar-refractivity contribution in [1.29, 1.82) is 0 Å². The minimum Gasteiger partial charge on any atom is -0.490 e. The largest absolute Gasteiger partial charge is 0.490 e. The Bertz CT molecular complexity index is 413. The molecule has 1 heterocycles. The molecule has 1 aromatic carbocycles. The maximum Gasteiger partial charge on any atom is 0.257 e. The van der Waals surface area contributed by atoms with E-state index in [2.05, 4.69) is 5.32 Å². The summed E-state index contributed by atoms with van der Waals surface area (Å²) in [5.74, 6) is 0.378. The third-order valence-electron chi connectivity index (χ3n) is 2.33. The first-order chi connectivity index (χ1) is 6.99. The summed E-state index contributed by atoms with van der Waals surface area (Å²) in [7, 11) is 0. The molecule has 0 saturated heterocycles. The Morgan fingerprint density at radius 2 is 2.20 bits per heavy atom. The van der Waals surface area contributed by atoms with E-state index in [0.717, 1.165) is 0 Å². The number of amides is 1. The molecule has 0 atom stereocenters. The van der Waals surface area contributed by atoms with Gasteiger partial charge in [-0.15, -0.1) is 0 Å². The van der Waals surface area contributed by atoms with E-state index in [9.17, 15) is 4.79 Å². The summed E-state index contributed by atoms with van der Waals surface area (Å²) in [5, 5.41) is 2.87. The molecule has 1 aliphatic rings. The summed E-state index contributed by atoms with van der Waals surface area (Å²) in [6, 6.07) is 5.23. The van der Waals surface area contributed by atoms with Crippen molar-refractivity contribution in [3.63, 3.8) is 0 Å². The Kier molecular flexibility index (Phi) is 2.07. The number of carbonyl (C=O) groups excluding carboxylic acids is 1. The normalized spacial score (nSPS) is 18.4. The highest BCUT2D eigenvalue weighted by Gasteiger charge is 2.29. The van der Waals surface area contributed by atoms with E-state index in [4.69, 9.17) is 10.5 Å². The monoisotopic (exact) mass is 206 g/mol. The molecule has 0 spiro atoms. The first-order valence-corrected chi connectivity index (χ1v) is 4.83. The van der Waals surface area contributed by atoms with Crippen LogP contribution < -0.4 is 15.8 Å². The molecule has 0 unspecified atom stereocenters. The molecule has 1 aromatic rings. The number of nitrogens with one attached hydrogen (secondary N) is 1. The second-order valence-corrected chi connectivity index (χ2v) is 4.35. The van der Waals surface area contributed by atoms with Crippen molar-refractivity contribution in [2.75, 3.05) is 12.3 Å². The molecule has 4 nitrogen and oxygen atoms in total. The van der Waals surface area contributed by atoms with Crippen molar-refractivity contribution >= 4 is 11.6 Å². The molecule has 80 valence electrons. The van der Waals surface area contributed by atoms with Crippen molar-refractivity contribution in [2.45, 2.75) is 19.4 Å². The topological polar surface area (TPSA) is 64.3 Å². The van der Waals surface area contributed by atoms with E-state index in [1.54, 1.807) is 18.2 Å². The fraction of sp³-hybridized carbons (Fsp3) is 0.364. The molecular weight excluding hydrogens is 192 g/mol. The van der Waals surface area contributed by atoms with Crippen molar-refractivity contribution in [1.82, 2.24) is 5.32 Å². The molecule has 2 rings (SSSR count).